The van der Waals surface area contributed by atoms with Crippen molar-refractivity contribution >= 4 is 92.1 Å². The average Bonchev–Trinajstić information content (AvgIpc) is 3.79. The first-order chi connectivity index (χ1) is 26.3. The second-order valence-electron chi connectivity index (χ2n) is 13.7. The Labute approximate surface area is 310 Å². The van der Waals surface area contributed by atoms with E-state index in [4.69, 9.17) is 4.42 Å². The number of rotatable bonds is 5. The van der Waals surface area contributed by atoms with Crippen molar-refractivity contribution in [1.29, 1.82) is 0 Å². The minimum Gasteiger partial charge on any atom is -0.455 e. The smallest absolute Gasteiger partial charge is 0.143 e. The summed E-state index contributed by atoms with van der Waals surface area (Å²) >= 11 is 1.86. The second-order valence-corrected chi connectivity index (χ2v) is 14.7. The molecule has 9 aromatic carbocycles. The van der Waals surface area contributed by atoms with Crippen LogP contribution in [0.1, 0.15) is 0 Å². The molecule has 0 amide bonds. The summed E-state index contributed by atoms with van der Waals surface area (Å²) in [5, 5.41) is 9.59. The van der Waals surface area contributed by atoms with E-state index in [1.54, 1.807) is 0 Å². The van der Waals surface area contributed by atoms with Gasteiger partial charge in [-0.05, 0) is 75.8 Å². The first kappa shape index (κ1) is 30.0. The molecule has 0 spiro atoms. The molecular formula is C50H31NOS. The monoisotopic (exact) mass is 693 g/mol. The fraction of sp³-hybridized carbons (Fsp3) is 0. The number of thiophene rings is 1. The molecular weight excluding hydrogens is 663 g/mol. The minimum atomic E-state index is 0.876. The zero-order valence-electron chi connectivity index (χ0n) is 28.7. The Morgan fingerprint density at radius 3 is 1.94 bits per heavy atom. The molecule has 0 saturated heterocycles. The van der Waals surface area contributed by atoms with Gasteiger partial charge in [0.1, 0.15) is 11.2 Å². The van der Waals surface area contributed by atoms with Gasteiger partial charge in [-0.15, -0.1) is 11.3 Å². The van der Waals surface area contributed by atoms with E-state index in [-0.39, 0.29) is 0 Å². The summed E-state index contributed by atoms with van der Waals surface area (Å²) in [4.78, 5) is 2.38. The van der Waals surface area contributed by atoms with Crippen molar-refractivity contribution in [3.63, 3.8) is 0 Å². The van der Waals surface area contributed by atoms with Crippen LogP contribution in [0.25, 0.3) is 85.9 Å². The van der Waals surface area contributed by atoms with Crippen molar-refractivity contribution in [2.24, 2.45) is 0 Å². The number of hydrogen-bond donors (Lipinski definition) is 0. The van der Waals surface area contributed by atoms with E-state index in [1.807, 2.05) is 11.3 Å². The van der Waals surface area contributed by atoms with E-state index in [1.165, 1.54) is 58.4 Å². The Bertz CT molecular complexity index is 3170. The molecule has 0 aliphatic rings. The fourth-order valence-corrected chi connectivity index (χ4v) is 9.40. The van der Waals surface area contributed by atoms with Crippen LogP contribution in [0, 0.1) is 0 Å². The molecule has 2 aromatic heterocycles. The van der Waals surface area contributed by atoms with Crippen LogP contribution in [0.4, 0.5) is 17.1 Å². The summed E-state index contributed by atoms with van der Waals surface area (Å²) < 4.78 is 9.52. The van der Waals surface area contributed by atoms with Gasteiger partial charge in [-0.25, -0.2) is 0 Å². The molecule has 0 aliphatic carbocycles. The second kappa shape index (κ2) is 11.9. The number of benzene rings is 9. The van der Waals surface area contributed by atoms with Crippen LogP contribution in [-0.4, -0.2) is 0 Å². The Kier molecular flexibility index (Phi) is 6.76. The van der Waals surface area contributed by atoms with E-state index in [0.29, 0.717) is 0 Å². The lowest BCUT2D eigenvalue weighted by Crippen LogP contribution is -2.10. The first-order valence-corrected chi connectivity index (χ1v) is 18.8. The summed E-state index contributed by atoms with van der Waals surface area (Å²) in [6.07, 6.45) is 0. The maximum atomic E-state index is 6.94. The summed E-state index contributed by atoms with van der Waals surface area (Å²) in [6.45, 7) is 0. The van der Waals surface area contributed by atoms with Crippen molar-refractivity contribution in [2.75, 3.05) is 4.90 Å². The third-order valence-corrected chi connectivity index (χ3v) is 11.9. The van der Waals surface area contributed by atoms with Crippen LogP contribution in [0.2, 0.25) is 0 Å². The number of anilines is 3. The highest BCUT2D eigenvalue weighted by Gasteiger charge is 2.22. The molecule has 0 saturated carbocycles. The number of nitrogens with zero attached hydrogens (tertiary/aromatic N) is 1. The Morgan fingerprint density at radius 1 is 0.415 bits per heavy atom. The predicted molar refractivity (Wildman–Crippen MR) is 227 cm³/mol. The zero-order chi connectivity index (χ0) is 34.9. The summed E-state index contributed by atoms with van der Waals surface area (Å²) in [5.41, 5.74) is 9.85. The van der Waals surface area contributed by atoms with Crippen molar-refractivity contribution in [2.45, 2.75) is 0 Å². The lowest BCUT2D eigenvalue weighted by molar-refractivity contribution is 0.670. The highest BCUT2D eigenvalue weighted by atomic mass is 32.1. The standard InChI is InChI=1S/C50H31NOS/c1-2-12-32(13-3-1)33-24-26-36(27-25-33)51(45-22-10-16-34-14-4-6-17-38(34)45)37-28-29-46-43(31-37)44-30-35-15-5-7-18-39(35)48(49(44)52-46)42-21-11-20-41-40-19-8-9-23-47(40)53-50(41)42/h1-31H. The van der Waals surface area contributed by atoms with Gasteiger partial charge in [-0.2, -0.15) is 0 Å². The Balaban J connectivity index is 1.16. The van der Waals surface area contributed by atoms with Gasteiger partial charge < -0.3 is 9.32 Å². The molecule has 0 bridgehead atoms. The molecule has 248 valence electrons. The van der Waals surface area contributed by atoms with Gasteiger partial charge in [0, 0.05) is 58.8 Å². The molecule has 0 N–H and O–H groups in total. The molecule has 11 rings (SSSR count). The maximum Gasteiger partial charge on any atom is 0.143 e. The molecule has 0 atom stereocenters. The summed E-state index contributed by atoms with van der Waals surface area (Å²) in [6, 6.07) is 67.8. The molecule has 11 aromatic rings. The van der Waals surface area contributed by atoms with Crippen LogP contribution < -0.4 is 4.90 Å². The van der Waals surface area contributed by atoms with Gasteiger partial charge in [0.15, 0.2) is 0 Å². The zero-order valence-corrected chi connectivity index (χ0v) is 29.5. The lowest BCUT2D eigenvalue weighted by Gasteiger charge is -2.27. The molecule has 0 aliphatic heterocycles. The predicted octanol–water partition coefficient (Wildman–Crippen LogP) is 15.1. The van der Waals surface area contributed by atoms with Crippen LogP contribution in [0.5, 0.6) is 0 Å². The lowest BCUT2D eigenvalue weighted by atomic mass is 9.94. The van der Waals surface area contributed by atoms with Gasteiger partial charge in [0.2, 0.25) is 0 Å². The summed E-state index contributed by atoms with van der Waals surface area (Å²) in [7, 11) is 0. The third kappa shape index (κ3) is 4.78. The van der Waals surface area contributed by atoms with E-state index in [9.17, 15) is 0 Å². The fourth-order valence-electron chi connectivity index (χ4n) is 8.18. The van der Waals surface area contributed by atoms with Gasteiger partial charge in [-0.1, -0.05) is 140 Å². The third-order valence-electron chi connectivity index (χ3n) is 10.6. The van der Waals surface area contributed by atoms with Gasteiger partial charge in [0.25, 0.3) is 0 Å². The van der Waals surface area contributed by atoms with E-state index >= 15 is 0 Å². The quantitative estimate of drug-likeness (QED) is 0.178. The molecule has 53 heavy (non-hydrogen) atoms. The topological polar surface area (TPSA) is 16.4 Å². The summed E-state index contributed by atoms with van der Waals surface area (Å²) in [5.74, 6) is 0. The van der Waals surface area contributed by atoms with E-state index in [0.717, 1.165) is 44.6 Å². The van der Waals surface area contributed by atoms with Gasteiger partial charge >= 0.3 is 0 Å². The van der Waals surface area contributed by atoms with Gasteiger partial charge in [-0.3, -0.25) is 0 Å². The number of fused-ring (bicyclic) bond motifs is 8. The Hall–Kier alpha value is -6.68. The molecule has 0 unspecified atom stereocenters. The highest BCUT2D eigenvalue weighted by Crippen LogP contribution is 2.48. The molecule has 0 radical (unpaired) electrons. The van der Waals surface area contributed by atoms with Crippen molar-refractivity contribution in [3.05, 3.63) is 188 Å². The Morgan fingerprint density at radius 2 is 1.08 bits per heavy atom. The van der Waals surface area contributed by atoms with Crippen molar-refractivity contribution in [3.8, 4) is 22.3 Å². The molecule has 0 fully saturated rings. The van der Waals surface area contributed by atoms with Gasteiger partial charge in [0.05, 0.1) is 5.69 Å². The number of hydrogen-bond acceptors (Lipinski definition) is 3. The minimum absolute atomic E-state index is 0.876. The van der Waals surface area contributed by atoms with Crippen molar-refractivity contribution in [1.82, 2.24) is 0 Å². The SMILES string of the molecule is c1ccc(-c2ccc(N(c3ccc4oc5c(-c6cccc7c6sc6ccccc67)c6ccccc6cc5c4c3)c3cccc4ccccc34)cc2)cc1. The molecule has 3 heteroatoms. The molecule has 2 nitrogen and oxygen atoms in total. The highest BCUT2D eigenvalue weighted by molar-refractivity contribution is 7.26. The largest absolute Gasteiger partial charge is 0.455 e. The maximum absolute atomic E-state index is 6.94. The normalized spacial score (nSPS) is 11.8. The van der Waals surface area contributed by atoms with Crippen LogP contribution >= 0.6 is 11.3 Å². The van der Waals surface area contributed by atoms with E-state index in [2.05, 4.69) is 193 Å². The van der Waals surface area contributed by atoms with Crippen LogP contribution in [0.3, 0.4) is 0 Å². The number of furan rings is 1. The van der Waals surface area contributed by atoms with Crippen molar-refractivity contribution < 1.29 is 4.42 Å². The average molecular weight is 694 g/mol. The van der Waals surface area contributed by atoms with Crippen LogP contribution in [-0.2, 0) is 0 Å². The first-order valence-electron chi connectivity index (χ1n) is 18.0. The molecule has 2 heterocycles. The van der Waals surface area contributed by atoms with Crippen LogP contribution in [0.15, 0.2) is 192 Å². The van der Waals surface area contributed by atoms with E-state index < -0.39 is 0 Å².